The van der Waals surface area contributed by atoms with Gasteiger partial charge in [0.25, 0.3) is 0 Å². The Balaban J connectivity index is 1.55. The molecule has 1 amide bonds. The molecule has 0 aliphatic carbocycles. The lowest BCUT2D eigenvalue weighted by Crippen LogP contribution is -2.49. The molecule has 0 saturated carbocycles. The van der Waals surface area contributed by atoms with Gasteiger partial charge in [0.05, 0.1) is 13.2 Å². The molecule has 0 bridgehead atoms. The van der Waals surface area contributed by atoms with Crippen LogP contribution in [0.25, 0.3) is 0 Å². The molecule has 1 saturated heterocycles. The summed E-state index contributed by atoms with van der Waals surface area (Å²) in [5.74, 6) is 0.964. The van der Waals surface area contributed by atoms with Crippen LogP contribution in [0, 0.1) is 0 Å². The molecule has 1 heterocycles. The Morgan fingerprint density at radius 2 is 1.68 bits per heavy atom. The summed E-state index contributed by atoms with van der Waals surface area (Å²) in [7, 11) is 0. The van der Waals surface area contributed by atoms with Crippen LogP contribution in [0.2, 0.25) is 0 Å². The lowest BCUT2D eigenvalue weighted by Gasteiger charge is -2.34. The summed E-state index contributed by atoms with van der Waals surface area (Å²) in [5, 5.41) is 0. The molecular formula is C23H38N2O3. The zero-order valence-electron chi connectivity index (χ0n) is 18.2. The number of hydrogen-bond acceptors (Lipinski definition) is 4. The van der Waals surface area contributed by atoms with Crippen molar-refractivity contribution in [3.63, 3.8) is 0 Å². The molecule has 0 N–H and O–H groups in total. The van der Waals surface area contributed by atoms with Crippen LogP contribution in [0.1, 0.15) is 58.9 Å². The van der Waals surface area contributed by atoms with E-state index in [-0.39, 0.29) is 11.5 Å². The summed E-state index contributed by atoms with van der Waals surface area (Å²) in [6, 6.07) is 8.56. The smallest absolute Gasteiger partial charge is 0.409 e. The minimum Gasteiger partial charge on any atom is -0.494 e. The first kappa shape index (κ1) is 22.5. The third-order valence-corrected chi connectivity index (χ3v) is 5.81. The van der Waals surface area contributed by atoms with E-state index in [1.165, 1.54) is 18.4 Å². The van der Waals surface area contributed by atoms with E-state index >= 15 is 0 Å². The van der Waals surface area contributed by atoms with E-state index in [0.29, 0.717) is 6.61 Å². The zero-order valence-corrected chi connectivity index (χ0v) is 18.2. The normalized spacial score (nSPS) is 15.5. The number of rotatable bonds is 10. The van der Waals surface area contributed by atoms with Crippen molar-refractivity contribution < 1.29 is 14.3 Å². The molecule has 1 aliphatic rings. The van der Waals surface area contributed by atoms with Crippen molar-refractivity contribution in [2.45, 2.75) is 58.8 Å². The van der Waals surface area contributed by atoms with Crippen LogP contribution in [-0.4, -0.2) is 61.8 Å². The number of carbonyl (C=O) groups is 1. The number of ether oxygens (including phenoxy) is 2. The molecule has 0 unspecified atom stereocenters. The molecule has 1 aromatic rings. The Bertz CT molecular complexity index is 578. The number of hydrogen-bond donors (Lipinski definition) is 0. The molecular weight excluding hydrogens is 352 g/mol. The van der Waals surface area contributed by atoms with Gasteiger partial charge in [0.1, 0.15) is 5.75 Å². The quantitative estimate of drug-likeness (QED) is 0.543. The average molecular weight is 391 g/mol. The molecule has 158 valence electrons. The van der Waals surface area contributed by atoms with Gasteiger partial charge in [-0.2, -0.15) is 0 Å². The Morgan fingerprint density at radius 3 is 2.29 bits per heavy atom. The molecule has 5 heteroatoms. The van der Waals surface area contributed by atoms with Crippen LogP contribution in [0.3, 0.4) is 0 Å². The second-order valence-electron chi connectivity index (χ2n) is 8.20. The van der Waals surface area contributed by atoms with Gasteiger partial charge in [-0.15, -0.1) is 0 Å². The predicted molar refractivity (Wildman–Crippen MR) is 114 cm³/mol. The van der Waals surface area contributed by atoms with E-state index in [1.807, 2.05) is 6.92 Å². The van der Waals surface area contributed by atoms with Gasteiger partial charge >= 0.3 is 6.09 Å². The van der Waals surface area contributed by atoms with Gasteiger partial charge < -0.3 is 14.4 Å². The van der Waals surface area contributed by atoms with Gasteiger partial charge in [0.15, 0.2) is 0 Å². The van der Waals surface area contributed by atoms with Crippen LogP contribution >= 0.6 is 0 Å². The second kappa shape index (κ2) is 11.3. The first-order chi connectivity index (χ1) is 13.5. The van der Waals surface area contributed by atoms with Crippen molar-refractivity contribution in [2.75, 3.05) is 45.9 Å². The topological polar surface area (TPSA) is 42.0 Å². The van der Waals surface area contributed by atoms with E-state index < -0.39 is 0 Å². The van der Waals surface area contributed by atoms with E-state index in [4.69, 9.17) is 9.47 Å². The van der Waals surface area contributed by atoms with Gasteiger partial charge in [-0.05, 0) is 62.3 Å². The van der Waals surface area contributed by atoms with Gasteiger partial charge in [-0.1, -0.05) is 32.9 Å². The average Bonchev–Trinajstić information content (AvgIpc) is 2.71. The molecule has 1 aromatic carbocycles. The van der Waals surface area contributed by atoms with Crippen LogP contribution < -0.4 is 4.74 Å². The highest BCUT2D eigenvalue weighted by Crippen LogP contribution is 2.28. The SMILES string of the molecule is CCOC(=O)N1CCN(CCCCCOc2ccc(C(C)(C)CC)cc2)CC1. The summed E-state index contributed by atoms with van der Waals surface area (Å²) >= 11 is 0. The van der Waals surface area contributed by atoms with Crippen molar-refractivity contribution >= 4 is 6.09 Å². The molecule has 5 nitrogen and oxygen atoms in total. The summed E-state index contributed by atoms with van der Waals surface area (Å²) in [6.07, 6.45) is 4.37. The summed E-state index contributed by atoms with van der Waals surface area (Å²) < 4.78 is 11.0. The molecule has 0 spiro atoms. The second-order valence-corrected chi connectivity index (χ2v) is 8.20. The maximum Gasteiger partial charge on any atom is 0.409 e. The third-order valence-electron chi connectivity index (χ3n) is 5.81. The Labute approximate surface area is 171 Å². The number of benzene rings is 1. The fourth-order valence-electron chi connectivity index (χ4n) is 3.38. The molecule has 1 aliphatic heterocycles. The summed E-state index contributed by atoms with van der Waals surface area (Å²) in [5.41, 5.74) is 1.59. The Morgan fingerprint density at radius 1 is 1.00 bits per heavy atom. The molecule has 1 fully saturated rings. The van der Waals surface area contributed by atoms with Crippen LogP contribution in [0.5, 0.6) is 5.75 Å². The van der Waals surface area contributed by atoms with E-state index in [9.17, 15) is 4.79 Å². The van der Waals surface area contributed by atoms with E-state index in [1.54, 1.807) is 4.90 Å². The minimum absolute atomic E-state index is 0.175. The van der Waals surface area contributed by atoms with Gasteiger partial charge in [-0.3, -0.25) is 4.90 Å². The number of carbonyl (C=O) groups excluding carboxylic acids is 1. The number of unbranched alkanes of at least 4 members (excludes halogenated alkanes) is 2. The first-order valence-corrected chi connectivity index (χ1v) is 10.8. The third kappa shape index (κ3) is 7.01. The van der Waals surface area contributed by atoms with Crippen LogP contribution in [0.15, 0.2) is 24.3 Å². The lowest BCUT2D eigenvalue weighted by atomic mass is 9.82. The summed E-state index contributed by atoms with van der Waals surface area (Å²) in [4.78, 5) is 15.9. The highest BCUT2D eigenvalue weighted by molar-refractivity contribution is 5.67. The van der Waals surface area contributed by atoms with Crippen molar-refractivity contribution in [3.05, 3.63) is 29.8 Å². The lowest BCUT2D eigenvalue weighted by molar-refractivity contribution is 0.0791. The zero-order chi connectivity index (χ0) is 20.4. The fraction of sp³-hybridized carbons (Fsp3) is 0.696. The number of amides is 1. The first-order valence-electron chi connectivity index (χ1n) is 10.8. The fourth-order valence-corrected chi connectivity index (χ4v) is 3.38. The predicted octanol–water partition coefficient (Wildman–Crippen LogP) is 4.70. The van der Waals surface area contributed by atoms with Gasteiger partial charge in [-0.25, -0.2) is 4.79 Å². The Kier molecular flexibility index (Phi) is 9.10. The van der Waals surface area contributed by atoms with Crippen molar-refractivity contribution in [1.82, 2.24) is 9.80 Å². The maximum absolute atomic E-state index is 11.7. The molecule has 2 rings (SSSR count). The van der Waals surface area contributed by atoms with Crippen LogP contribution in [-0.2, 0) is 10.2 Å². The van der Waals surface area contributed by atoms with E-state index in [2.05, 4.69) is 49.9 Å². The van der Waals surface area contributed by atoms with Gasteiger partial charge in [0, 0.05) is 26.2 Å². The molecule has 0 radical (unpaired) electrons. The molecule has 0 aromatic heterocycles. The molecule has 28 heavy (non-hydrogen) atoms. The largest absolute Gasteiger partial charge is 0.494 e. The van der Waals surface area contributed by atoms with E-state index in [0.717, 1.165) is 57.9 Å². The van der Waals surface area contributed by atoms with Gasteiger partial charge in [0.2, 0.25) is 0 Å². The van der Waals surface area contributed by atoms with Crippen molar-refractivity contribution in [2.24, 2.45) is 0 Å². The number of piperazine rings is 1. The Hall–Kier alpha value is -1.75. The highest BCUT2D eigenvalue weighted by Gasteiger charge is 2.21. The monoisotopic (exact) mass is 390 g/mol. The van der Waals surface area contributed by atoms with Crippen LogP contribution in [0.4, 0.5) is 4.79 Å². The standard InChI is InChI=1S/C23H38N2O3/c1-5-23(3,4)20-10-12-21(13-11-20)28-19-9-7-8-14-24-15-17-25(18-16-24)22(26)27-6-2/h10-13H,5-9,14-19H2,1-4H3. The number of nitrogens with zero attached hydrogens (tertiary/aromatic N) is 2. The van der Waals surface area contributed by atoms with Crippen molar-refractivity contribution in [1.29, 1.82) is 0 Å². The minimum atomic E-state index is -0.175. The maximum atomic E-state index is 11.7. The highest BCUT2D eigenvalue weighted by atomic mass is 16.6. The molecule has 0 atom stereocenters. The van der Waals surface area contributed by atoms with Crippen molar-refractivity contribution in [3.8, 4) is 5.75 Å². The summed E-state index contributed by atoms with van der Waals surface area (Å²) in [6.45, 7) is 14.4.